The molecule has 32 heavy (non-hydrogen) atoms. The van der Waals surface area contributed by atoms with Crippen LogP contribution in [0.25, 0.3) is 0 Å². The number of rotatable bonds is 7. The van der Waals surface area contributed by atoms with Gasteiger partial charge in [0.25, 0.3) is 15.6 Å². The van der Waals surface area contributed by atoms with Crippen molar-refractivity contribution in [1.29, 1.82) is 5.26 Å². The summed E-state index contributed by atoms with van der Waals surface area (Å²) < 4.78 is 38.6. The number of methoxy groups -OCH3 is 2. The maximum absolute atomic E-state index is 12.8. The SMILES string of the molecule is COc1ccc(NS(=O)(=O)c2ccc(Cc3c(C)[nH]c(=O)c(C#N)c3C)cc2)c(OC)c1. The van der Waals surface area contributed by atoms with Crippen LogP contribution in [-0.2, 0) is 16.4 Å². The summed E-state index contributed by atoms with van der Waals surface area (Å²) in [6.07, 6.45) is 0.448. The number of hydrogen-bond donors (Lipinski definition) is 2. The zero-order valence-corrected chi connectivity index (χ0v) is 19.0. The van der Waals surface area contributed by atoms with Gasteiger partial charge >= 0.3 is 0 Å². The second kappa shape index (κ2) is 9.16. The number of nitrogens with one attached hydrogen (secondary N) is 2. The molecule has 9 heteroatoms. The molecule has 0 saturated carbocycles. The third kappa shape index (κ3) is 4.60. The highest BCUT2D eigenvalue weighted by atomic mass is 32.2. The summed E-state index contributed by atoms with van der Waals surface area (Å²) in [5, 5.41) is 9.23. The first kappa shape index (κ1) is 22.9. The average molecular weight is 454 g/mol. The number of aromatic amines is 1. The van der Waals surface area contributed by atoms with E-state index in [9.17, 15) is 18.5 Å². The summed E-state index contributed by atoms with van der Waals surface area (Å²) in [7, 11) is -0.893. The van der Waals surface area contributed by atoms with E-state index in [1.807, 2.05) is 6.07 Å². The number of aromatic nitrogens is 1. The van der Waals surface area contributed by atoms with Gasteiger partial charge in [-0.15, -0.1) is 0 Å². The van der Waals surface area contributed by atoms with Gasteiger partial charge < -0.3 is 14.5 Å². The van der Waals surface area contributed by atoms with E-state index in [0.29, 0.717) is 34.9 Å². The Labute approximate surface area is 186 Å². The zero-order valence-electron chi connectivity index (χ0n) is 18.1. The van der Waals surface area contributed by atoms with Gasteiger partial charge in [0.05, 0.1) is 24.8 Å². The van der Waals surface area contributed by atoms with Crippen LogP contribution >= 0.6 is 0 Å². The first-order valence-corrected chi connectivity index (χ1v) is 11.1. The third-order valence-electron chi connectivity index (χ3n) is 5.19. The molecule has 0 radical (unpaired) electrons. The van der Waals surface area contributed by atoms with Crippen LogP contribution < -0.4 is 19.8 Å². The monoisotopic (exact) mass is 453 g/mol. The Bertz CT molecular complexity index is 1350. The fraction of sp³-hybridized carbons (Fsp3) is 0.217. The van der Waals surface area contributed by atoms with Crippen LogP contribution in [0.15, 0.2) is 52.2 Å². The smallest absolute Gasteiger partial charge is 0.266 e. The van der Waals surface area contributed by atoms with Gasteiger partial charge in [-0.1, -0.05) is 12.1 Å². The van der Waals surface area contributed by atoms with Gasteiger partial charge in [0.2, 0.25) is 0 Å². The summed E-state index contributed by atoms with van der Waals surface area (Å²) in [6.45, 7) is 3.51. The topological polar surface area (TPSA) is 121 Å². The molecule has 0 amide bonds. The predicted molar refractivity (Wildman–Crippen MR) is 121 cm³/mol. The molecular formula is C23H23N3O5S. The largest absolute Gasteiger partial charge is 0.497 e. The highest BCUT2D eigenvalue weighted by molar-refractivity contribution is 7.92. The maximum atomic E-state index is 12.8. The van der Waals surface area contributed by atoms with Gasteiger partial charge in [-0.05, 0) is 61.2 Å². The first-order chi connectivity index (χ1) is 15.2. The van der Waals surface area contributed by atoms with E-state index in [1.54, 1.807) is 44.2 Å². The van der Waals surface area contributed by atoms with E-state index >= 15 is 0 Å². The van der Waals surface area contributed by atoms with Crippen molar-refractivity contribution in [3.05, 3.63) is 80.8 Å². The first-order valence-electron chi connectivity index (χ1n) is 9.66. The Morgan fingerprint density at radius 2 is 1.75 bits per heavy atom. The molecule has 8 nitrogen and oxygen atoms in total. The molecule has 166 valence electrons. The van der Waals surface area contributed by atoms with Gasteiger partial charge in [0.15, 0.2) is 0 Å². The summed E-state index contributed by atoms with van der Waals surface area (Å²) in [5.74, 6) is 0.878. The van der Waals surface area contributed by atoms with Gasteiger partial charge in [0, 0.05) is 11.8 Å². The number of anilines is 1. The number of aryl methyl sites for hydroxylation is 1. The van der Waals surface area contributed by atoms with Crippen molar-refractivity contribution in [2.75, 3.05) is 18.9 Å². The molecule has 3 aromatic rings. The van der Waals surface area contributed by atoms with Crippen molar-refractivity contribution in [1.82, 2.24) is 4.98 Å². The molecular weight excluding hydrogens is 430 g/mol. The number of nitrogens with zero attached hydrogens (tertiary/aromatic N) is 1. The number of sulfonamides is 1. The summed E-state index contributed by atoms with van der Waals surface area (Å²) in [6, 6.07) is 13.2. The minimum Gasteiger partial charge on any atom is -0.497 e. The molecule has 0 fully saturated rings. The van der Waals surface area contributed by atoms with Crippen LogP contribution in [0.1, 0.15) is 27.9 Å². The van der Waals surface area contributed by atoms with Crippen LogP contribution in [0.2, 0.25) is 0 Å². The lowest BCUT2D eigenvalue weighted by atomic mass is 9.97. The van der Waals surface area contributed by atoms with Gasteiger partial charge in [0.1, 0.15) is 23.1 Å². The van der Waals surface area contributed by atoms with E-state index in [2.05, 4.69) is 9.71 Å². The summed E-state index contributed by atoms with van der Waals surface area (Å²) >= 11 is 0. The molecule has 0 spiro atoms. The van der Waals surface area contributed by atoms with E-state index in [0.717, 1.165) is 11.1 Å². The Morgan fingerprint density at radius 1 is 1.06 bits per heavy atom. The molecule has 0 bridgehead atoms. The van der Waals surface area contributed by atoms with E-state index in [-0.39, 0.29) is 10.5 Å². The van der Waals surface area contributed by atoms with Crippen LogP contribution in [-0.4, -0.2) is 27.6 Å². The van der Waals surface area contributed by atoms with E-state index in [1.165, 1.54) is 26.4 Å². The van der Waals surface area contributed by atoms with Crippen molar-refractivity contribution >= 4 is 15.7 Å². The summed E-state index contributed by atoms with van der Waals surface area (Å²) in [5.41, 5.74) is 2.94. The third-order valence-corrected chi connectivity index (χ3v) is 6.57. The van der Waals surface area contributed by atoms with Crippen molar-refractivity contribution in [3.8, 4) is 17.6 Å². The number of ether oxygens (including phenoxy) is 2. The van der Waals surface area contributed by atoms with E-state index < -0.39 is 15.6 Å². The van der Waals surface area contributed by atoms with Crippen LogP contribution in [0.3, 0.4) is 0 Å². The minimum atomic E-state index is -3.85. The normalized spacial score (nSPS) is 11.0. The molecule has 2 N–H and O–H groups in total. The second-order valence-corrected chi connectivity index (χ2v) is 8.84. The summed E-state index contributed by atoms with van der Waals surface area (Å²) in [4.78, 5) is 14.7. The average Bonchev–Trinajstić information content (AvgIpc) is 2.77. The molecule has 1 aromatic heterocycles. The molecule has 3 rings (SSSR count). The predicted octanol–water partition coefficient (Wildman–Crippen LogP) is 3.27. The fourth-order valence-corrected chi connectivity index (χ4v) is 4.46. The Hall–Kier alpha value is -3.77. The number of nitriles is 1. The van der Waals surface area contributed by atoms with Crippen LogP contribution in [0.5, 0.6) is 11.5 Å². The lowest BCUT2D eigenvalue weighted by Crippen LogP contribution is -2.17. The van der Waals surface area contributed by atoms with Crippen molar-refractivity contribution in [3.63, 3.8) is 0 Å². The highest BCUT2D eigenvalue weighted by Crippen LogP contribution is 2.31. The van der Waals surface area contributed by atoms with Gasteiger partial charge in [-0.2, -0.15) is 5.26 Å². The zero-order chi connectivity index (χ0) is 23.5. The van der Waals surface area contributed by atoms with Crippen molar-refractivity contribution in [2.24, 2.45) is 0 Å². The number of benzene rings is 2. The quantitative estimate of drug-likeness (QED) is 0.566. The standard InChI is InChI=1S/C23H23N3O5S/c1-14-19(15(2)25-23(27)20(14)13-24)11-16-5-8-18(9-6-16)32(28,29)26-21-10-7-17(30-3)12-22(21)31-4/h5-10,12,26H,11H2,1-4H3,(H,25,27). The molecule has 2 aromatic carbocycles. The second-order valence-electron chi connectivity index (χ2n) is 7.16. The number of pyridine rings is 1. The molecule has 0 unspecified atom stereocenters. The molecule has 1 heterocycles. The lowest BCUT2D eigenvalue weighted by molar-refractivity contribution is 0.395. The lowest BCUT2D eigenvalue weighted by Gasteiger charge is -2.14. The van der Waals surface area contributed by atoms with E-state index in [4.69, 9.17) is 9.47 Å². The van der Waals surface area contributed by atoms with Crippen molar-refractivity contribution < 1.29 is 17.9 Å². The van der Waals surface area contributed by atoms with Gasteiger partial charge in [-0.25, -0.2) is 8.42 Å². The minimum absolute atomic E-state index is 0.0856. The van der Waals surface area contributed by atoms with Crippen molar-refractivity contribution in [2.45, 2.75) is 25.2 Å². The molecule has 0 atom stereocenters. The number of hydrogen-bond acceptors (Lipinski definition) is 6. The highest BCUT2D eigenvalue weighted by Gasteiger charge is 2.18. The van der Waals surface area contributed by atoms with Crippen LogP contribution in [0, 0.1) is 25.2 Å². The molecule has 0 saturated heterocycles. The Balaban J connectivity index is 1.86. The van der Waals surface area contributed by atoms with Crippen LogP contribution in [0.4, 0.5) is 5.69 Å². The fourth-order valence-electron chi connectivity index (χ4n) is 3.39. The number of H-pyrrole nitrogens is 1. The van der Waals surface area contributed by atoms with Gasteiger partial charge in [-0.3, -0.25) is 9.52 Å². The maximum Gasteiger partial charge on any atom is 0.266 e. The Kier molecular flexibility index (Phi) is 6.55. The molecule has 0 aliphatic carbocycles. The molecule has 0 aliphatic heterocycles. The Morgan fingerprint density at radius 3 is 2.34 bits per heavy atom. The molecule has 0 aliphatic rings.